The maximum atomic E-state index is 4.49. The molecule has 1 saturated heterocycles. The van der Waals surface area contributed by atoms with Gasteiger partial charge >= 0.3 is 0 Å². The summed E-state index contributed by atoms with van der Waals surface area (Å²) in [5.41, 5.74) is 0.677. The molecule has 4 rings (SSSR count). The number of hydrogen-bond acceptors (Lipinski definition) is 6. The first-order valence-electron chi connectivity index (χ1n) is 6.27. The van der Waals surface area contributed by atoms with Crippen molar-refractivity contribution in [1.82, 2.24) is 25.3 Å². The van der Waals surface area contributed by atoms with Gasteiger partial charge in [-0.05, 0) is 46.8 Å². The van der Waals surface area contributed by atoms with Crippen molar-refractivity contribution in [2.45, 2.75) is 18.9 Å². The molecule has 96 valence electrons. The summed E-state index contributed by atoms with van der Waals surface area (Å²) in [5.74, 6) is 0.940. The summed E-state index contributed by atoms with van der Waals surface area (Å²) >= 11 is 1.81. The molecule has 0 aliphatic carbocycles. The molecule has 0 N–H and O–H groups in total. The number of tetrazole rings is 1. The molecule has 1 atom stereocenters. The first-order valence-corrected chi connectivity index (χ1v) is 7.15. The Kier molecular flexibility index (Phi) is 2.44. The van der Waals surface area contributed by atoms with Crippen molar-refractivity contribution in [3.8, 4) is 0 Å². The van der Waals surface area contributed by atoms with Crippen LogP contribution in [-0.2, 0) is 0 Å². The van der Waals surface area contributed by atoms with Crippen molar-refractivity contribution in [3.05, 3.63) is 34.5 Å². The van der Waals surface area contributed by atoms with Crippen LogP contribution in [0.4, 0.5) is 5.82 Å². The van der Waals surface area contributed by atoms with Gasteiger partial charge in [0, 0.05) is 11.4 Å². The van der Waals surface area contributed by atoms with Gasteiger partial charge in [-0.3, -0.25) is 0 Å². The Morgan fingerprint density at radius 1 is 1.26 bits per heavy atom. The number of nitrogens with zero attached hydrogens (tertiary/aromatic N) is 6. The molecule has 1 fully saturated rings. The van der Waals surface area contributed by atoms with Gasteiger partial charge in [0.1, 0.15) is 0 Å². The van der Waals surface area contributed by atoms with Gasteiger partial charge in [-0.1, -0.05) is 6.07 Å². The fourth-order valence-corrected chi connectivity index (χ4v) is 3.48. The zero-order valence-corrected chi connectivity index (χ0v) is 11.0. The third-order valence-corrected chi connectivity index (χ3v) is 4.45. The monoisotopic (exact) mass is 272 g/mol. The number of anilines is 1. The van der Waals surface area contributed by atoms with Gasteiger partial charge in [-0.15, -0.1) is 26.2 Å². The Morgan fingerprint density at radius 2 is 2.26 bits per heavy atom. The van der Waals surface area contributed by atoms with Gasteiger partial charge in [-0.2, -0.15) is 0 Å². The lowest BCUT2D eigenvalue weighted by Crippen LogP contribution is -2.23. The molecule has 1 aliphatic heterocycles. The number of rotatable bonds is 2. The summed E-state index contributed by atoms with van der Waals surface area (Å²) in [5, 5.41) is 18.0. The second kappa shape index (κ2) is 4.27. The highest BCUT2D eigenvalue weighted by Crippen LogP contribution is 2.36. The van der Waals surface area contributed by atoms with E-state index in [1.165, 1.54) is 22.3 Å². The summed E-state index contributed by atoms with van der Waals surface area (Å²) in [6.07, 6.45) is 2.37. The Labute approximate surface area is 113 Å². The van der Waals surface area contributed by atoms with Crippen LogP contribution < -0.4 is 4.90 Å². The molecule has 4 heterocycles. The number of thiophene rings is 1. The van der Waals surface area contributed by atoms with E-state index < -0.39 is 0 Å². The fourth-order valence-electron chi connectivity index (χ4n) is 2.61. The van der Waals surface area contributed by atoms with E-state index in [1.807, 2.05) is 23.5 Å². The molecule has 0 aromatic carbocycles. The van der Waals surface area contributed by atoms with E-state index in [0.29, 0.717) is 11.7 Å². The SMILES string of the molecule is c1csc(C2CCCN2c2ccc3nnnn3n2)c1. The smallest absolute Gasteiger partial charge is 0.200 e. The summed E-state index contributed by atoms with van der Waals surface area (Å²) in [6, 6.07) is 8.64. The average Bonchev–Trinajstić information content (AvgIpc) is 3.18. The highest BCUT2D eigenvalue weighted by molar-refractivity contribution is 7.10. The third kappa shape index (κ3) is 1.77. The molecule has 0 radical (unpaired) electrons. The molecule has 1 aliphatic rings. The van der Waals surface area contributed by atoms with Crippen LogP contribution in [0.2, 0.25) is 0 Å². The number of hydrogen-bond donors (Lipinski definition) is 0. The molecule has 1 unspecified atom stereocenters. The van der Waals surface area contributed by atoms with Crippen LogP contribution in [0.3, 0.4) is 0 Å². The first-order chi connectivity index (χ1) is 9.42. The topological polar surface area (TPSA) is 59.2 Å². The van der Waals surface area contributed by atoms with Crippen molar-refractivity contribution in [2.75, 3.05) is 11.4 Å². The van der Waals surface area contributed by atoms with E-state index in [-0.39, 0.29) is 0 Å². The molecule has 3 aromatic heterocycles. The Morgan fingerprint density at radius 3 is 3.16 bits per heavy atom. The van der Waals surface area contributed by atoms with Gasteiger partial charge in [0.05, 0.1) is 6.04 Å². The maximum absolute atomic E-state index is 4.49. The van der Waals surface area contributed by atoms with E-state index >= 15 is 0 Å². The summed E-state index contributed by atoms with van der Waals surface area (Å²) in [7, 11) is 0. The lowest BCUT2D eigenvalue weighted by atomic mass is 10.2. The minimum absolute atomic E-state index is 0.432. The third-order valence-electron chi connectivity index (χ3n) is 3.47. The minimum Gasteiger partial charge on any atom is -0.347 e. The second-order valence-corrected chi connectivity index (χ2v) is 5.56. The van der Waals surface area contributed by atoms with Crippen LogP contribution >= 0.6 is 11.3 Å². The molecular weight excluding hydrogens is 260 g/mol. The Bertz CT molecular complexity index is 691. The Balaban J connectivity index is 1.73. The van der Waals surface area contributed by atoms with E-state index in [2.05, 4.69) is 43.0 Å². The summed E-state index contributed by atoms with van der Waals surface area (Å²) in [4.78, 5) is 3.74. The lowest BCUT2D eigenvalue weighted by molar-refractivity contribution is 0.686. The van der Waals surface area contributed by atoms with Gasteiger partial charge in [0.15, 0.2) is 11.5 Å². The molecule has 0 saturated carbocycles. The molecule has 0 spiro atoms. The molecule has 0 amide bonds. The van der Waals surface area contributed by atoms with Gasteiger partial charge in [-0.25, -0.2) is 0 Å². The first kappa shape index (κ1) is 10.9. The van der Waals surface area contributed by atoms with Crippen LogP contribution in [0.1, 0.15) is 23.8 Å². The standard InChI is InChI=1S/C12H12N6S/c1-3-9(10-4-2-8-19-10)17(7-1)12-6-5-11-13-15-16-18(11)14-12/h2,4-6,8-9H,1,3,7H2. The second-order valence-electron chi connectivity index (χ2n) is 4.58. The largest absolute Gasteiger partial charge is 0.347 e. The van der Waals surface area contributed by atoms with Gasteiger partial charge in [0.25, 0.3) is 0 Å². The van der Waals surface area contributed by atoms with Crippen LogP contribution in [-0.4, -0.2) is 31.8 Å². The molecule has 6 nitrogen and oxygen atoms in total. The predicted molar refractivity (Wildman–Crippen MR) is 72.2 cm³/mol. The maximum Gasteiger partial charge on any atom is 0.200 e. The molecule has 19 heavy (non-hydrogen) atoms. The number of aromatic nitrogens is 5. The van der Waals surface area contributed by atoms with E-state index in [1.54, 1.807) is 0 Å². The molecular formula is C12H12N6S. The zero-order valence-electron chi connectivity index (χ0n) is 10.2. The van der Waals surface area contributed by atoms with Crippen LogP contribution in [0, 0.1) is 0 Å². The van der Waals surface area contributed by atoms with Gasteiger partial charge in [0.2, 0.25) is 0 Å². The predicted octanol–water partition coefficient (Wildman–Crippen LogP) is 1.92. The van der Waals surface area contributed by atoms with Crippen molar-refractivity contribution >= 4 is 22.8 Å². The van der Waals surface area contributed by atoms with Crippen molar-refractivity contribution < 1.29 is 0 Å². The van der Waals surface area contributed by atoms with Crippen molar-refractivity contribution in [1.29, 1.82) is 0 Å². The fraction of sp³-hybridized carbons (Fsp3) is 0.333. The van der Waals surface area contributed by atoms with Crippen molar-refractivity contribution in [3.63, 3.8) is 0 Å². The van der Waals surface area contributed by atoms with Crippen molar-refractivity contribution in [2.24, 2.45) is 0 Å². The van der Waals surface area contributed by atoms with E-state index in [0.717, 1.165) is 12.4 Å². The molecule has 0 bridgehead atoms. The van der Waals surface area contributed by atoms with Crippen LogP contribution in [0.15, 0.2) is 29.6 Å². The van der Waals surface area contributed by atoms with E-state index in [4.69, 9.17) is 0 Å². The quantitative estimate of drug-likeness (QED) is 0.713. The highest BCUT2D eigenvalue weighted by atomic mass is 32.1. The average molecular weight is 272 g/mol. The Hall–Kier alpha value is -2.02. The van der Waals surface area contributed by atoms with Crippen LogP contribution in [0.25, 0.3) is 5.65 Å². The van der Waals surface area contributed by atoms with Crippen LogP contribution in [0.5, 0.6) is 0 Å². The molecule has 7 heteroatoms. The summed E-state index contributed by atoms with van der Waals surface area (Å²) in [6.45, 7) is 1.03. The van der Waals surface area contributed by atoms with Gasteiger partial charge < -0.3 is 4.90 Å². The van der Waals surface area contributed by atoms with E-state index in [9.17, 15) is 0 Å². The minimum atomic E-state index is 0.432. The normalized spacial score (nSPS) is 19.4. The zero-order chi connectivity index (χ0) is 12.7. The number of fused-ring (bicyclic) bond motifs is 1. The lowest BCUT2D eigenvalue weighted by Gasteiger charge is -2.24. The summed E-state index contributed by atoms with van der Waals surface area (Å²) < 4.78 is 1.49. The molecule has 3 aromatic rings. The highest BCUT2D eigenvalue weighted by Gasteiger charge is 2.28.